The predicted octanol–water partition coefficient (Wildman–Crippen LogP) is 0.311. The van der Waals surface area contributed by atoms with Gasteiger partial charge in [-0.2, -0.15) is 0 Å². The summed E-state index contributed by atoms with van der Waals surface area (Å²) in [4.78, 5) is 28.0. The summed E-state index contributed by atoms with van der Waals surface area (Å²) in [6, 6.07) is 6.81. The molecule has 1 aromatic heterocycles. The molecule has 2 aromatic rings. The molecule has 0 N–H and O–H groups in total. The summed E-state index contributed by atoms with van der Waals surface area (Å²) in [5.41, 5.74) is 0.600. The molecule has 9 heteroatoms. The molecular weight excluding hydrogens is 320 g/mol. The summed E-state index contributed by atoms with van der Waals surface area (Å²) in [5.74, 6) is -0.106. The number of benzene rings is 1. The van der Waals surface area contributed by atoms with Crippen LogP contribution < -0.4 is 0 Å². The second-order valence-electron chi connectivity index (χ2n) is 5.19. The molecule has 2 amide bonds. The van der Waals surface area contributed by atoms with E-state index in [4.69, 9.17) is 11.6 Å². The molecule has 1 aliphatic heterocycles. The van der Waals surface area contributed by atoms with Crippen LogP contribution in [-0.4, -0.2) is 68.0 Å². The molecule has 0 atom stereocenters. The van der Waals surface area contributed by atoms with Crippen molar-refractivity contribution in [3.8, 4) is 0 Å². The fourth-order valence-electron chi connectivity index (χ4n) is 2.43. The molecule has 0 spiro atoms. The number of piperazine rings is 1. The van der Waals surface area contributed by atoms with Crippen LogP contribution in [0.1, 0.15) is 10.4 Å². The van der Waals surface area contributed by atoms with Crippen LogP contribution >= 0.6 is 11.6 Å². The smallest absolute Gasteiger partial charge is 0.253 e. The normalized spacial score (nSPS) is 14.8. The maximum absolute atomic E-state index is 12.4. The molecule has 0 bridgehead atoms. The van der Waals surface area contributed by atoms with Crippen molar-refractivity contribution in [1.29, 1.82) is 0 Å². The fourth-order valence-corrected chi connectivity index (χ4v) is 2.55. The van der Waals surface area contributed by atoms with E-state index in [0.717, 1.165) is 0 Å². The van der Waals surface area contributed by atoms with Crippen molar-refractivity contribution in [3.05, 3.63) is 41.2 Å². The minimum absolute atomic E-state index is 0.0470. The van der Waals surface area contributed by atoms with Crippen molar-refractivity contribution in [2.45, 2.75) is 6.54 Å². The van der Waals surface area contributed by atoms with Gasteiger partial charge < -0.3 is 9.80 Å². The zero-order chi connectivity index (χ0) is 16.2. The van der Waals surface area contributed by atoms with Gasteiger partial charge in [-0.15, -0.1) is 5.10 Å². The summed E-state index contributed by atoms with van der Waals surface area (Å²) in [5, 5.41) is 11.3. The van der Waals surface area contributed by atoms with Crippen molar-refractivity contribution >= 4 is 23.4 Å². The van der Waals surface area contributed by atoms with Crippen LogP contribution in [0.2, 0.25) is 5.02 Å². The number of nitrogens with zero attached hydrogens (tertiary/aromatic N) is 6. The molecule has 1 aliphatic rings. The van der Waals surface area contributed by atoms with Gasteiger partial charge in [-0.1, -0.05) is 11.6 Å². The van der Waals surface area contributed by atoms with Crippen LogP contribution in [0.25, 0.3) is 0 Å². The molecule has 0 aliphatic carbocycles. The highest BCUT2D eigenvalue weighted by Gasteiger charge is 2.25. The number of carbonyl (C=O) groups excluding carboxylic acids is 2. The monoisotopic (exact) mass is 334 g/mol. The van der Waals surface area contributed by atoms with Crippen LogP contribution in [0.4, 0.5) is 0 Å². The van der Waals surface area contributed by atoms with E-state index in [9.17, 15) is 9.59 Å². The Balaban J connectivity index is 1.54. The number of carbonyl (C=O) groups is 2. The summed E-state index contributed by atoms with van der Waals surface area (Å²) in [7, 11) is 0. The average molecular weight is 335 g/mol. The van der Waals surface area contributed by atoms with E-state index in [2.05, 4.69) is 15.5 Å². The van der Waals surface area contributed by atoms with Crippen molar-refractivity contribution in [2.75, 3.05) is 26.2 Å². The van der Waals surface area contributed by atoms with E-state index >= 15 is 0 Å². The molecule has 1 fully saturated rings. The van der Waals surface area contributed by atoms with E-state index in [1.807, 2.05) is 0 Å². The summed E-state index contributed by atoms with van der Waals surface area (Å²) in [6.45, 7) is 2.12. The molecule has 0 radical (unpaired) electrons. The van der Waals surface area contributed by atoms with Crippen LogP contribution in [0.3, 0.4) is 0 Å². The van der Waals surface area contributed by atoms with Crippen molar-refractivity contribution in [1.82, 2.24) is 30.0 Å². The highest BCUT2D eigenvalue weighted by Crippen LogP contribution is 2.13. The maximum atomic E-state index is 12.4. The van der Waals surface area contributed by atoms with Gasteiger partial charge in [-0.3, -0.25) is 9.59 Å². The van der Waals surface area contributed by atoms with Crippen LogP contribution in [-0.2, 0) is 11.3 Å². The third-order valence-electron chi connectivity index (χ3n) is 3.70. The van der Waals surface area contributed by atoms with E-state index in [-0.39, 0.29) is 18.4 Å². The second kappa shape index (κ2) is 6.74. The number of hydrogen-bond donors (Lipinski definition) is 0. The number of halogens is 1. The van der Waals surface area contributed by atoms with E-state index in [1.54, 1.807) is 34.1 Å². The molecule has 2 heterocycles. The maximum Gasteiger partial charge on any atom is 0.253 e. The van der Waals surface area contributed by atoms with Gasteiger partial charge >= 0.3 is 0 Å². The Kier molecular flexibility index (Phi) is 4.52. The largest absolute Gasteiger partial charge is 0.338 e. The first-order chi connectivity index (χ1) is 11.1. The van der Waals surface area contributed by atoms with E-state index in [1.165, 1.54) is 11.0 Å². The zero-order valence-electron chi connectivity index (χ0n) is 12.3. The molecule has 23 heavy (non-hydrogen) atoms. The number of hydrogen-bond acceptors (Lipinski definition) is 5. The third kappa shape index (κ3) is 3.65. The molecule has 8 nitrogen and oxygen atoms in total. The van der Waals surface area contributed by atoms with Gasteiger partial charge in [-0.25, -0.2) is 4.68 Å². The Bertz CT molecular complexity index is 680. The molecule has 1 aromatic carbocycles. The van der Waals surface area contributed by atoms with Gasteiger partial charge in [0.15, 0.2) is 0 Å². The molecule has 3 rings (SSSR count). The van der Waals surface area contributed by atoms with Crippen molar-refractivity contribution in [3.63, 3.8) is 0 Å². The first-order valence-electron chi connectivity index (χ1n) is 7.17. The van der Waals surface area contributed by atoms with Crippen LogP contribution in [0.5, 0.6) is 0 Å². The first kappa shape index (κ1) is 15.4. The Morgan fingerprint density at radius 1 is 1.04 bits per heavy atom. The van der Waals surface area contributed by atoms with E-state index < -0.39 is 0 Å². The van der Waals surface area contributed by atoms with Gasteiger partial charge in [0.25, 0.3) is 5.91 Å². The Morgan fingerprint density at radius 3 is 2.30 bits per heavy atom. The minimum atomic E-state index is -0.0594. The number of tetrazole rings is 1. The topological polar surface area (TPSA) is 84.2 Å². The van der Waals surface area contributed by atoms with Crippen LogP contribution in [0, 0.1) is 0 Å². The van der Waals surface area contributed by atoms with E-state index in [0.29, 0.717) is 36.8 Å². The summed E-state index contributed by atoms with van der Waals surface area (Å²) in [6.07, 6.45) is 1.40. The number of aromatic nitrogens is 4. The standard InChI is InChI=1S/C14H15ClN6O2/c15-12-3-1-11(2-4-12)14(23)20-7-5-19(6-8-20)13(22)9-21-10-16-17-18-21/h1-4,10H,5-9H2. The van der Waals surface area contributed by atoms with Crippen LogP contribution in [0.15, 0.2) is 30.6 Å². The molecule has 120 valence electrons. The SMILES string of the molecule is O=C(Cn1cnnn1)N1CCN(C(=O)c2ccc(Cl)cc2)CC1. The van der Waals surface area contributed by atoms with Gasteiger partial charge in [0.1, 0.15) is 12.9 Å². The minimum Gasteiger partial charge on any atom is -0.338 e. The molecule has 0 saturated carbocycles. The Labute approximate surface area is 137 Å². The molecule has 0 unspecified atom stereocenters. The summed E-state index contributed by atoms with van der Waals surface area (Å²) >= 11 is 5.83. The lowest BCUT2D eigenvalue weighted by molar-refractivity contribution is -0.133. The lowest BCUT2D eigenvalue weighted by Crippen LogP contribution is -2.51. The molecule has 1 saturated heterocycles. The number of amides is 2. The quantitative estimate of drug-likeness (QED) is 0.806. The first-order valence-corrected chi connectivity index (χ1v) is 7.54. The van der Waals surface area contributed by atoms with Gasteiger partial charge in [0, 0.05) is 36.8 Å². The van der Waals surface area contributed by atoms with Crippen molar-refractivity contribution < 1.29 is 9.59 Å². The lowest BCUT2D eigenvalue weighted by Gasteiger charge is -2.34. The zero-order valence-corrected chi connectivity index (χ0v) is 13.1. The highest BCUT2D eigenvalue weighted by atomic mass is 35.5. The summed E-state index contributed by atoms with van der Waals surface area (Å²) < 4.78 is 1.38. The van der Waals surface area contributed by atoms with Gasteiger partial charge in [0.05, 0.1) is 0 Å². The molecular formula is C14H15ClN6O2. The Hall–Kier alpha value is -2.48. The predicted molar refractivity (Wildman–Crippen MR) is 81.8 cm³/mol. The third-order valence-corrected chi connectivity index (χ3v) is 3.95. The van der Waals surface area contributed by atoms with Gasteiger partial charge in [-0.05, 0) is 34.7 Å². The van der Waals surface area contributed by atoms with Crippen molar-refractivity contribution in [2.24, 2.45) is 0 Å². The highest BCUT2D eigenvalue weighted by molar-refractivity contribution is 6.30. The Morgan fingerprint density at radius 2 is 1.70 bits per heavy atom. The average Bonchev–Trinajstić information content (AvgIpc) is 3.08. The fraction of sp³-hybridized carbons (Fsp3) is 0.357. The van der Waals surface area contributed by atoms with Gasteiger partial charge in [0.2, 0.25) is 5.91 Å². The second-order valence-corrected chi connectivity index (χ2v) is 5.62. The number of rotatable bonds is 3. The lowest BCUT2D eigenvalue weighted by atomic mass is 10.2.